The number of benzene rings is 1. The summed E-state index contributed by atoms with van der Waals surface area (Å²) >= 11 is 0. The van der Waals surface area contributed by atoms with Gasteiger partial charge in [0.25, 0.3) is 0 Å². The molecule has 0 bridgehead atoms. The first kappa shape index (κ1) is 6.71. The van der Waals surface area contributed by atoms with Crippen molar-refractivity contribution < 1.29 is 0 Å². The Hall–Kier alpha value is -0.980. The Balaban J connectivity index is 2.49. The Morgan fingerprint density at radius 1 is 1.27 bits per heavy atom. The molecule has 0 unspecified atom stereocenters. The van der Waals surface area contributed by atoms with Crippen molar-refractivity contribution >= 4 is 5.69 Å². The van der Waals surface area contributed by atoms with Crippen LogP contribution in [0, 0.1) is 6.07 Å². The van der Waals surface area contributed by atoms with Gasteiger partial charge in [-0.15, -0.1) is 0 Å². The third-order valence-corrected chi connectivity index (χ3v) is 2.36. The van der Waals surface area contributed by atoms with Crippen LogP contribution in [0.2, 0.25) is 0 Å². The van der Waals surface area contributed by atoms with Crippen LogP contribution in [0.4, 0.5) is 5.69 Å². The van der Waals surface area contributed by atoms with Crippen molar-refractivity contribution in [2.24, 2.45) is 0 Å². The Kier molecular flexibility index (Phi) is 1.57. The number of fused-ring (bicyclic) bond motifs is 1. The molecule has 1 aromatic rings. The third kappa shape index (κ3) is 1.11. The normalized spacial score (nSPS) is 16.0. The van der Waals surface area contributed by atoms with Gasteiger partial charge < -0.3 is 5.73 Å². The summed E-state index contributed by atoms with van der Waals surface area (Å²) in [6.07, 6.45) is 4.96. The molecule has 0 atom stereocenters. The molecule has 1 radical (unpaired) electrons. The van der Waals surface area contributed by atoms with E-state index in [0.29, 0.717) is 0 Å². The lowest BCUT2D eigenvalue weighted by Crippen LogP contribution is -2.05. The van der Waals surface area contributed by atoms with Gasteiger partial charge in [-0.25, -0.2) is 0 Å². The molecule has 0 aliphatic heterocycles. The number of aryl methyl sites for hydroxylation is 1. The molecule has 57 valence electrons. The van der Waals surface area contributed by atoms with E-state index in [9.17, 15) is 0 Å². The molecule has 2 N–H and O–H groups in total. The van der Waals surface area contributed by atoms with Gasteiger partial charge in [0.1, 0.15) is 0 Å². The molecule has 0 saturated carbocycles. The van der Waals surface area contributed by atoms with Crippen molar-refractivity contribution in [1.82, 2.24) is 0 Å². The molecule has 0 heterocycles. The summed E-state index contributed by atoms with van der Waals surface area (Å²) in [4.78, 5) is 0. The van der Waals surface area contributed by atoms with Crippen LogP contribution in [0.5, 0.6) is 0 Å². The van der Waals surface area contributed by atoms with Crippen molar-refractivity contribution in [3.8, 4) is 0 Å². The fourth-order valence-corrected chi connectivity index (χ4v) is 1.74. The molecule has 0 spiro atoms. The Bertz CT molecular complexity index is 266. The zero-order valence-electron chi connectivity index (χ0n) is 6.56. The molecule has 1 heteroatoms. The number of rotatable bonds is 0. The minimum Gasteiger partial charge on any atom is -0.398 e. The third-order valence-electron chi connectivity index (χ3n) is 2.36. The topological polar surface area (TPSA) is 26.0 Å². The first-order valence-corrected chi connectivity index (χ1v) is 4.16. The molecule has 1 aliphatic rings. The molecule has 0 amide bonds. The van der Waals surface area contributed by atoms with E-state index in [1.165, 1.54) is 30.4 Å². The lowest BCUT2D eigenvalue weighted by Gasteiger charge is -2.16. The summed E-state index contributed by atoms with van der Waals surface area (Å²) in [5.41, 5.74) is 9.43. The maximum Gasteiger partial charge on any atom is 0.0429 e. The molecule has 1 nitrogen and oxygen atoms in total. The van der Waals surface area contributed by atoms with E-state index in [2.05, 4.69) is 12.1 Å². The van der Waals surface area contributed by atoms with Gasteiger partial charge in [-0.05, 0) is 36.8 Å². The van der Waals surface area contributed by atoms with Crippen LogP contribution in [0.3, 0.4) is 0 Å². The number of nitrogens with two attached hydrogens (primary N) is 1. The monoisotopic (exact) mass is 146 g/mol. The Morgan fingerprint density at radius 3 is 2.91 bits per heavy atom. The highest BCUT2D eigenvalue weighted by molar-refractivity contribution is 5.50. The average molecular weight is 146 g/mol. The molecule has 1 aliphatic carbocycles. The second kappa shape index (κ2) is 2.57. The summed E-state index contributed by atoms with van der Waals surface area (Å²) < 4.78 is 0. The zero-order valence-corrected chi connectivity index (χ0v) is 6.56. The summed E-state index contributed by atoms with van der Waals surface area (Å²) in [6, 6.07) is 7.11. The van der Waals surface area contributed by atoms with E-state index < -0.39 is 0 Å². The number of nitrogen functional groups attached to an aromatic ring is 1. The van der Waals surface area contributed by atoms with Crippen LogP contribution < -0.4 is 5.73 Å². The van der Waals surface area contributed by atoms with Crippen LogP contribution in [0.1, 0.15) is 24.0 Å². The second-order valence-electron chi connectivity index (χ2n) is 3.10. The largest absolute Gasteiger partial charge is 0.398 e. The van der Waals surface area contributed by atoms with E-state index >= 15 is 0 Å². The van der Waals surface area contributed by atoms with Crippen molar-refractivity contribution in [2.75, 3.05) is 5.73 Å². The van der Waals surface area contributed by atoms with Crippen molar-refractivity contribution in [3.05, 3.63) is 29.3 Å². The van der Waals surface area contributed by atoms with Crippen LogP contribution in [0.25, 0.3) is 0 Å². The molecule has 0 saturated heterocycles. The van der Waals surface area contributed by atoms with Gasteiger partial charge in [0.15, 0.2) is 0 Å². The van der Waals surface area contributed by atoms with Gasteiger partial charge in [0.2, 0.25) is 0 Å². The van der Waals surface area contributed by atoms with Gasteiger partial charge in [-0.1, -0.05) is 12.1 Å². The van der Waals surface area contributed by atoms with E-state index in [4.69, 9.17) is 5.73 Å². The van der Waals surface area contributed by atoms with Crippen LogP contribution in [-0.2, 0) is 12.8 Å². The number of anilines is 1. The molecule has 0 aromatic heterocycles. The highest BCUT2D eigenvalue weighted by atomic mass is 14.6. The number of hydrogen-bond donors (Lipinski definition) is 1. The molecule has 0 fully saturated rings. The van der Waals surface area contributed by atoms with E-state index in [-0.39, 0.29) is 0 Å². The fraction of sp³-hybridized carbons (Fsp3) is 0.400. The van der Waals surface area contributed by atoms with Crippen molar-refractivity contribution in [1.29, 1.82) is 0 Å². The smallest absolute Gasteiger partial charge is 0.0429 e. The van der Waals surface area contributed by atoms with E-state index in [1.54, 1.807) is 0 Å². The first-order valence-electron chi connectivity index (χ1n) is 4.16. The lowest BCUT2D eigenvalue weighted by molar-refractivity contribution is 0.687. The maximum absolute atomic E-state index is 5.79. The summed E-state index contributed by atoms with van der Waals surface area (Å²) in [6.45, 7) is 0. The Labute approximate surface area is 67.2 Å². The molecule has 2 rings (SSSR count). The Morgan fingerprint density at radius 2 is 2.09 bits per heavy atom. The summed E-state index contributed by atoms with van der Waals surface area (Å²) in [5.74, 6) is 0. The molecule has 11 heavy (non-hydrogen) atoms. The SMILES string of the molecule is Nc1[c]ccc2c1CCCC2. The maximum atomic E-state index is 5.79. The van der Waals surface area contributed by atoms with E-state index in [0.717, 1.165) is 12.1 Å². The standard InChI is InChI=1S/C10H12N/c11-10-7-3-5-8-4-1-2-6-9(8)10/h3,5H,1-2,4,6,11H2. The van der Waals surface area contributed by atoms with Gasteiger partial charge in [-0.3, -0.25) is 0 Å². The quantitative estimate of drug-likeness (QED) is 0.556. The molecule has 1 aromatic carbocycles. The minimum absolute atomic E-state index is 0.863. The molecular formula is C10H12N. The minimum atomic E-state index is 0.863. The van der Waals surface area contributed by atoms with Gasteiger partial charge in [-0.2, -0.15) is 0 Å². The lowest BCUT2D eigenvalue weighted by atomic mass is 9.91. The average Bonchev–Trinajstić information content (AvgIpc) is 2.06. The zero-order chi connectivity index (χ0) is 7.68. The van der Waals surface area contributed by atoms with Gasteiger partial charge >= 0.3 is 0 Å². The summed E-state index contributed by atoms with van der Waals surface area (Å²) in [7, 11) is 0. The highest BCUT2D eigenvalue weighted by Gasteiger charge is 2.10. The predicted molar refractivity (Wildman–Crippen MR) is 46.3 cm³/mol. The first-order chi connectivity index (χ1) is 5.38. The fourth-order valence-electron chi connectivity index (χ4n) is 1.74. The summed E-state index contributed by atoms with van der Waals surface area (Å²) in [5, 5.41) is 0. The number of hydrogen-bond acceptors (Lipinski definition) is 1. The van der Waals surface area contributed by atoms with Crippen LogP contribution in [-0.4, -0.2) is 0 Å². The highest BCUT2D eigenvalue weighted by Crippen LogP contribution is 2.24. The van der Waals surface area contributed by atoms with Crippen LogP contribution in [0.15, 0.2) is 12.1 Å². The van der Waals surface area contributed by atoms with Gasteiger partial charge in [0, 0.05) is 11.8 Å². The second-order valence-corrected chi connectivity index (χ2v) is 3.10. The van der Waals surface area contributed by atoms with Crippen molar-refractivity contribution in [2.45, 2.75) is 25.7 Å². The van der Waals surface area contributed by atoms with Gasteiger partial charge in [0.05, 0.1) is 0 Å². The van der Waals surface area contributed by atoms with E-state index in [1.807, 2.05) is 6.07 Å². The van der Waals surface area contributed by atoms with Crippen molar-refractivity contribution in [3.63, 3.8) is 0 Å². The predicted octanol–water partition coefficient (Wildman–Crippen LogP) is 1.95. The molecular weight excluding hydrogens is 134 g/mol. The van der Waals surface area contributed by atoms with Crippen LogP contribution >= 0.6 is 0 Å².